The first-order valence-electron chi connectivity index (χ1n) is 9.17. The van der Waals surface area contributed by atoms with E-state index in [-0.39, 0.29) is 24.2 Å². The maximum Gasteiger partial charge on any atom is 0.319 e. The molecule has 2 heterocycles. The van der Waals surface area contributed by atoms with Crippen LogP contribution in [0, 0.1) is 0 Å². The van der Waals surface area contributed by atoms with Crippen molar-refractivity contribution in [2.45, 2.75) is 6.54 Å². The van der Waals surface area contributed by atoms with Crippen molar-refractivity contribution >= 4 is 34.3 Å². The monoisotopic (exact) mass is 405 g/mol. The number of carbonyl (C=O) groups excluding carboxylic acids is 2. The number of carbonyl (C=O) groups is 2. The summed E-state index contributed by atoms with van der Waals surface area (Å²) in [4.78, 5) is 24.4. The number of benzene rings is 2. The van der Waals surface area contributed by atoms with Crippen molar-refractivity contribution in [3.05, 3.63) is 78.4 Å². The van der Waals surface area contributed by atoms with Gasteiger partial charge in [0.2, 0.25) is 0 Å². The Morgan fingerprint density at radius 3 is 2.43 bits per heavy atom. The zero-order valence-electron chi connectivity index (χ0n) is 16.1. The lowest BCUT2D eigenvalue weighted by molar-refractivity contribution is 0.0998. The van der Waals surface area contributed by atoms with Crippen molar-refractivity contribution in [2.75, 3.05) is 17.7 Å². The number of para-hydroxylation sites is 1. The Balaban J connectivity index is 1.36. The van der Waals surface area contributed by atoms with Crippen LogP contribution >= 0.6 is 0 Å². The Labute approximate surface area is 171 Å². The number of urea groups is 1. The predicted molar refractivity (Wildman–Crippen MR) is 112 cm³/mol. The second-order valence-electron chi connectivity index (χ2n) is 6.41. The highest BCUT2D eigenvalue weighted by Crippen LogP contribution is 2.28. The number of amides is 3. The van der Waals surface area contributed by atoms with Gasteiger partial charge in [0.25, 0.3) is 5.91 Å². The summed E-state index contributed by atoms with van der Waals surface area (Å²) >= 11 is 0. The number of fused-ring (bicyclic) bond motifs is 1. The molecule has 8 heteroatoms. The molecule has 2 aromatic carbocycles. The van der Waals surface area contributed by atoms with Crippen LogP contribution in [-0.2, 0) is 6.54 Å². The summed E-state index contributed by atoms with van der Waals surface area (Å²) in [5.41, 5.74) is 1.66. The molecule has 0 atom stereocenters. The Kier molecular flexibility index (Phi) is 5.38. The summed E-state index contributed by atoms with van der Waals surface area (Å²) in [6.45, 7) is 0.287. The van der Waals surface area contributed by atoms with Crippen LogP contribution in [0.5, 0.6) is 5.75 Å². The van der Waals surface area contributed by atoms with Gasteiger partial charge in [0.05, 0.1) is 19.9 Å². The van der Waals surface area contributed by atoms with Crippen molar-refractivity contribution in [3.63, 3.8) is 0 Å². The Morgan fingerprint density at radius 1 is 0.967 bits per heavy atom. The summed E-state index contributed by atoms with van der Waals surface area (Å²) in [5, 5.41) is 8.94. The van der Waals surface area contributed by atoms with Crippen molar-refractivity contribution in [2.24, 2.45) is 0 Å². The first-order valence-corrected chi connectivity index (χ1v) is 9.17. The van der Waals surface area contributed by atoms with Gasteiger partial charge in [-0.25, -0.2) is 4.79 Å². The average Bonchev–Trinajstić information content (AvgIpc) is 3.43. The fraction of sp³-hybridized carbons (Fsp3) is 0.0909. The Hall–Kier alpha value is -4.20. The van der Waals surface area contributed by atoms with Crippen LogP contribution in [0.25, 0.3) is 11.0 Å². The van der Waals surface area contributed by atoms with Crippen molar-refractivity contribution in [1.29, 1.82) is 0 Å². The lowest BCUT2D eigenvalue weighted by atomic mass is 10.2. The molecule has 2 aromatic heterocycles. The summed E-state index contributed by atoms with van der Waals surface area (Å²) in [6.07, 6.45) is 1.55. The lowest BCUT2D eigenvalue weighted by Crippen LogP contribution is -2.27. The number of methoxy groups -OCH3 is 1. The van der Waals surface area contributed by atoms with Crippen LogP contribution in [-0.4, -0.2) is 19.0 Å². The molecule has 3 amide bonds. The second-order valence-corrected chi connectivity index (χ2v) is 6.41. The third kappa shape index (κ3) is 4.27. The van der Waals surface area contributed by atoms with Crippen LogP contribution in [0.15, 0.2) is 75.8 Å². The molecule has 0 bridgehead atoms. The average molecular weight is 405 g/mol. The molecular weight excluding hydrogens is 386 g/mol. The minimum absolute atomic E-state index is 0.175. The second kappa shape index (κ2) is 8.44. The molecule has 0 saturated carbocycles. The van der Waals surface area contributed by atoms with E-state index >= 15 is 0 Å². The molecule has 4 aromatic rings. The minimum Gasteiger partial charge on any atom is -0.493 e. The third-order valence-electron chi connectivity index (χ3n) is 4.36. The van der Waals surface area contributed by atoms with Gasteiger partial charge in [0.1, 0.15) is 5.76 Å². The standard InChI is InChI=1S/C22H19N3O5/c1-28-18-6-2-4-14-12-19(30-20(14)18)21(26)24-15-7-9-16(10-8-15)25-22(27)23-13-17-5-3-11-29-17/h2-12H,13H2,1H3,(H,24,26)(H2,23,25,27). The molecule has 0 saturated heterocycles. The van der Waals surface area contributed by atoms with Crippen LogP contribution < -0.4 is 20.7 Å². The molecule has 0 fully saturated rings. The molecule has 0 aliphatic carbocycles. The van der Waals surface area contributed by atoms with E-state index in [2.05, 4.69) is 16.0 Å². The molecule has 0 aliphatic rings. The highest BCUT2D eigenvalue weighted by molar-refractivity contribution is 6.05. The zero-order valence-corrected chi connectivity index (χ0v) is 16.1. The number of hydrogen-bond donors (Lipinski definition) is 3. The van der Waals surface area contributed by atoms with Crippen LogP contribution in [0.1, 0.15) is 16.3 Å². The topological polar surface area (TPSA) is 106 Å². The van der Waals surface area contributed by atoms with Gasteiger partial charge in [0.15, 0.2) is 17.1 Å². The predicted octanol–water partition coefficient (Wildman–Crippen LogP) is 4.61. The first kappa shape index (κ1) is 19.1. The fourth-order valence-corrected chi connectivity index (χ4v) is 2.89. The molecule has 152 valence electrons. The van der Waals surface area contributed by atoms with Crippen molar-refractivity contribution < 1.29 is 23.2 Å². The highest BCUT2D eigenvalue weighted by Gasteiger charge is 2.15. The van der Waals surface area contributed by atoms with Crippen LogP contribution in [0.3, 0.4) is 0 Å². The van der Waals surface area contributed by atoms with Crippen molar-refractivity contribution in [3.8, 4) is 5.75 Å². The maximum atomic E-state index is 12.5. The van der Waals surface area contributed by atoms with E-state index in [0.29, 0.717) is 28.5 Å². The highest BCUT2D eigenvalue weighted by atomic mass is 16.5. The molecule has 0 radical (unpaired) electrons. The minimum atomic E-state index is -0.384. The molecule has 0 unspecified atom stereocenters. The molecule has 0 aliphatic heterocycles. The lowest BCUT2D eigenvalue weighted by Gasteiger charge is -2.08. The first-order chi connectivity index (χ1) is 14.6. The van der Waals surface area contributed by atoms with Gasteiger partial charge in [-0.1, -0.05) is 12.1 Å². The molecule has 3 N–H and O–H groups in total. The number of furan rings is 2. The number of hydrogen-bond acceptors (Lipinski definition) is 5. The Bertz CT molecular complexity index is 1160. The van der Waals surface area contributed by atoms with E-state index < -0.39 is 0 Å². The van der Waals surface area contributed by atoms with Gasteiger partial charge in [-0.2, -0.15) is 0 Å². The normalized spacial score (nSPS) is 10.6. The van der Waals surface area contributed by atoms with Gasteiger partial charge in [-0.15, -0.1) is 0 Å². The maximum absolute atomic E-state index is 12.5. The number of rotatable bonds is 6. The van der Waals surface area contributed by atoms with Gasteiger partial charge in [-0.3, -0.25) is 4.79 Å². The van der Waals surface area contributed by atoms with Gasteiger partial charge < -0.3 is 29.5 Å². The molecular formula is C22H19N3O5. The van der Waals surface area contributed by atoms with E-state index in [9.17, 15) is 9.59 Å². The zero-order chi connectivity index (χ0) is 20.9. The SMILES string of the molecule is COc1cccc2cc(C(=O)Nc3ccc(NC(=O)NCc4ccco4)cc3)oc12. The van der Waals surface area contributed by atoms with E-state index in [4.69, 9.17) is 13.6 Å². The van der Waals surface area contributed by atoms with Crippen molar-refractivity contribution in [1.82, 2.24) is 5.32 Å². The van der Waals surface area contributed by atoms with Crippen LogP contribution in [0.2, 0.25) is 0 Å². The molecule has 30 heavy (non-hydrogen) atoms. The summed E-state index contributed by atoms with van der Waals surface area (Å²) in [7, 11) is 1.55. The van der Waals surface area contributed by atoms with Crippen LogP contribution in [0.4, 0.5) is 16.2 Å². The molecule has 0 spiro atoms. The molecule has 4 rings (SSSR count). The number of nitrogens with one attached hydrogen (secondary N) is 3. The largest absolute Gasteiger partial charge is 0.493 e. The van der Waals surface area contributed by atoms with Gasteiger partial charge in [0, 0.05) is 16.8 Å². The summed E-state index contributed by atoms with van der Waals surface area (Å²) in [6, 6.07) is 17.0. The summed E-state index contributed by atoms with van der Waals surface area (Å²) < 4.78 is 16.1. The van der Waals surface area contributed by atoms with E-state index in [1.807, 2.05) is 12.1 Å². The Morgan fingerprint density at radius 2 is 1.73 bits per heavy atom. The quantitative estimate of drug-likeness (QED) is 0.434. The van der Waals surface area contributed by atoms with Gasteiger partial charge in [-0.05, 0) is 48.5 Å². The number of ether oxygens (including phenoxy) is 1. The number of anilines is 2. The van der Waals surface area contributed by atoms with E-state index in [1.54, 1.807) is 61.9 Å². The van der Waals surface area contributed by atoms with E-state index in [1.165, 1.54) is 0 Å². The molecule has 8 nitrogen and oxygen atoms in total. The smallest absolute Gasteiger partial charge is 0.319 e. The third-order valence-corrected chi connectivity index (χ3v) is 4.36. The summed E-state index contributed by atoms with van der Waals surface area (Å²) in [5.74, 6) is 1.01. The van der Waals surface area contributed by atoms with Gasteiger partial charge >= 0.3 is 6.03 Å². The van der Waals surface area contributed by atoms with E-state index in [0.717, 1.165) is 5.39 Å². The fourth-order valence-electron chi connectivity index (χ4n) is 2.89.